The second-order valence-corrected chi connectivity index (χ2v) is 9.78. The summed E-state index contributed by atoms with van der Waals surface area (Å²) in [7, 11) is 1.53. The fraction of sp³-hybridized carbons (Fsp3) is 0.138. The van der Waals surface area contributed by atoms with Gasteiger partial charge < -0.3 is 19.3 Å². The van der Waals surface area contributed by atoms with Crippen molar-refractivity contribution < 1.29 is 24.1 Å². The highest BCUT2D eigenvalue weighted by atomic mass is 79.9. The lowest BCUT2D eigenvalue weighted by Crippen LogP contribution is -2.12. The van der Waals surface area contributed by atoms with Crippen molar-refractivity contribution in [1.82, 2.24) is 0 Å². The number of thioether (sulfide) groups is 1. The van der Waals surface area contributed by atoms with Crippen molar-refractivity contribution in [2.45, 2.75) is 13.5 Å². The Morgan fingerprint density at radius 3 is 2.61 bits per heavy atom. The van der Waals surface area contributed by atoms with E-state index in [-0.39, 0.29) is 24.5 Å². The summed E-state index contributed by atoms with van der Waals surface area (Å²) in [5.74, 6) is 0.0816. The fourth-order valence-electron chi connectivity index (χ4n) is 3.63. The number of methoxy groups -OCH3 is 1. The smallest absolute Gasteiger partial charge is 0.344 e. The zero-order valence-corrected chi connectivity index (χ0v) is 23.0. The zero-order chi connectivity index (χ0) is 27.1. The lowest BCUT2D eigenvalue weighted by Gasteiger charge is -2.14. The number of nitrogens with zero attached hydrogens (tertiary/aromatic N) is 2. The van der Waals surface area contributed by atoms with Gasteiger partial charge in [0.25, 0.3) is 0 Å². The van der Waals surface area contributed by atoms with Crippen molar-refractivity contribution in [2.24, 2.45) is 4.99 Å². The topological polar surface area (TPSA) is 101 Å². The molecule has 0 bridgehead atoms. The average molecular weight is 591 g/mol. The third-order valence-corrected chi connectivity index (χ3v) is 7.03. The van der Waals surface area contributed by atoms with Crippen LogP contribution in [0.2, 0.25) is 0 Å². The molecule has 0 aromatic heterocycles. The molecule has 1 heterocycles. The molecule has 38 heavy (non-hydrogen) atoms. The third kappa shape index (κ3) is 6.10. The quantitative estimate of drug-likeness (QED) is 0.279. The van der Waals surface area contributed by atoms with Gasteiger partial charge in [0.05, 0.1) is 40.4 Å². The number of esters is 1. The Balaban J connectivity index is 1.67. The van der Waals surface area contributed by atoms with E-state index in [0.717, 1.165) is 5.56 Å². The second kappa shape index (κ2) is 12.5. The van der Waals surface area contributed by atoms with E-state index in [9.17, 15) is 15.2 Å². The standard InChI is InChI=1S/C29H23BrN2O5S/c1-3-36-29(34)25-26(33)24(38-28(25)32-21-11-5-4-6-12-21)15-18-13-22(30)27(23(14-18)35-2)37-17-20-10-8-7-9-19(20)16-31/h4-15,33H,3,17H2,1-2H3/b24-15-,32-28?. The first-order valence-electron chi connectivity index (χ1n) is 11.6. The molecule has 0 radical (unpaired) electrons. The molecule has 0 saturated heterocycles. The molecule has 7 nitrogen and oxygen atoms in total. The molecule has 0 spiro atoms. The molecule has 0 unspecified atom stereocenters. The highest BCUT2D eigenvalue weighted by Gasteiger charge is 2.33. The van der Waals surface area contributed by atoms with Gasteiger partial charge in [-0.2, -0.15) is 5.26 Å². The SMILES string of the molecule is CCOC(=O)C1=C(O)/C(=C/c2cc(Br)c(OCc3ccccc3C#N)c(OC)c2)SC1=Nc1ccccc1. The number of ether oxygens (including phenoxy) is 3. The van der Waals surface area contributed by atoms with E-state index in [1.54, 1.807) is 31.2 Å². The number of aliphatic imine (C=N–C) groups is 1. The number of aliphatic hydroxyl groups excluding tert-OH is 1. The Bertz CT molecular complexity index is 1490. The number of para-hydroxylation sites is 1. The van der Waals surface area contributed by atoms with Crippen LogP contribution in [0.5, 0.6) is 11.5 Å². The number of aliphatic hydroxyl groups is 1. The lowest BCUT2D eigenvalue weighted by molar-refractivity contribution is -0.138. The van der Waals surface area contributed by atoms with Gasteiger partial charge in [-0.3, -0.25) is 0 Å². The van der Waals surface area contributed by atoms with Crippen LogP contribution in [-0.2, 0) is 16.1 Å². The zero-order valence-electron chi connectivity index (χ0n) is 20.6. The first-order chi connectivity index (χ1) is 18.4. The maximum Gasteiger partial charge on any atom is 0.344 e. The molecule has 3 aromatic carbocycles. The molecule has 0 atom stereocenters. The maximum atomic E-state index is 12.7. The monoisotopic (exact) mass is 590 g/mol. The van der Waals surface area contributed by atoms with Crippen molar-refractivity contribution in [3.63, 3.8) is 0 Å². The number of carbonyl (C=O) groups excluding carboxylic acids is 1. The van der Waals surface area contributed by atoms with Crippen LogP contribution in [0.25, 0.3) is 6.08 Å². The summed E-state index contributed by atoms with van der Waals surface area (Å²) in [6.45, 7) is 2.05. The average Bonchev–Trinajstić information content (AvgIpc) is 3.22. The van der Waals surface area contributed by atoms with Gasteiger partial charge in [-0.05, 0) is 64.8 Å². The summed E-state index contributed by atoms with van der Waals surface area (Å²) in [6, 6.07) is 22.1. The molecular formula is C29H23BrN2O5S. The summed E-state index contributed by atoms with van der Waals surface area (Å²) < 4.78 is 17.4. The summed E-state index contributed by atoms with van der Waals surface area (Å²) in [6.07, 6.45) is 1.73. The number of hydrogen-bond acceptors (Lipinski definition) is 8. The lowest BCUT2D eigenvalue weighted by atomic mass is 10.1. The molecule has 0 aliphatic carbocycles. The number of hydrogen-bond donors (Lipinski definition) is 1. The Morgan fingerprint density at radius 1 is 1.16 bits per heavy atom. The van der Waals surface area contributed by atoms with Gasteiger partial charge in [-0.25, -0.2) is 9.79 Å². The van der Waals surface area contributed by atoms with Crippen molar-refractivity contribution >= 4 is 50.5 Å². The van der Waals surface area contributed by atoms with Crippen molar-refractivity contribution in [3.8, 4) is 17.6 Å². The molecule has 1 aliphatic heterocycles. The van der Waals surface area contributed by atoms with Crippen LogP contribution < -0.4 is 9.47 Å². The van der Waals surface area contributed by atoms with E-state index in [1.165, 1.54) is 18.9 Å². The minimum absolute atomic E-state index is 0.0223. The number of nitriles is 1. The Kier molecular flexibility index (Phi) is 8.89. The van der Waals surface area contributed by atoms with Crippen LogP contribution in [0.3, 0.4) is 0 Å². The minimum atomic E-state index is -0.643. The largest absolute Gasteiger partial charge is 0.506 e. The fourth-order valence-corrected chi connectivity index (χ4v) is 5.24. The molecule has 0 fully saturated rings. The van der Waals surface area contributed by atoms with E-state index in [4.69, 9.17) is 14.2 Å². The summed E-state index contributed by atoms with van der Waals surface area (Å²) in [5.41, 5.74) is 2.65. The minimum Gasteiger partial charge on any atom is -0.506 e. The van der Waals surface area contributed by atoms with Gasteiger partial charge in [0, 0.05) is 5.56 Å². The molecule has 4 rings (SSSR count). The van der Waals surface area contributed by atoms with E-state index in [0.29, 0.717) is 42.7 Å². The molecule has 1 N–H and O–H groups in total. The first-order valence-corrected chi connectivity index (χ1v) is 13.2. The molecule has 192 valence electrons. The predicted molar refractivity (Wildman–Crippen MR) is 152 cm³/mol. The Labute approximate surface area is 233 Å². The summed E-state index contributed by atoms with van der Waals surface area (Å²) >= 11 is 4.72. The van der Waals surface area contributed by atoms with Gasteiger partial charge >= 0.3 is 5.97 Å². The second-order valence-electron chi connectivity index (χ2n) is 7.90. The Hall–Kier alpha value is -4.00. The van der Waals surface area contributed by atoms with Crippen molar-refractivity contribution in [3.05, 3.63) is 104 Å². The van der Waals surface area contributed by atoms with Crippen LogP contribution in [0.15, 0.2) is 92.4 Å². The van der Waals surface area contributed by atoms with E-state index >= 15 is 0 Å². The van der Waals surface area contributed by atoms with Crippen LogP contribution in [0.4, 0.5) is 5.69 Å². The number of benzene rings is 3. The molecule has 9 heteroatoms. The third-order valence-electron chi connectivity index (χ3n) is 5.42. The molecule has 0 saturated carbocycles. The Morgan fingerprint density at radius 2 is 1.89 bits per heavy atom. The molecule has 0 amide bonds. The van der Waals surface area contributed by atoms with Crippen molar-refractivity contribution in [2.75, 3.05) is 13.7 Å². The molecule has 1 aliphatic rings. The van der Waals surface area contributed by atoms with Crippen LogP contribution >= 0.6 is 27.7 Å². The molecular weight excluding hydrogens is 568 g/mol. The summed E-state index contributed by atoms with van der Waals surface area (Å²) in [4.78, 5) is 17.7. The molecule has 3 aromatic rings. The van der Waals surface area contributed by atoms with Crippen molar-refractivity contribution in [1.29, 1.82) is 5.26 Å². The predicted octanol–water partition coefficient (Wildman–Crippen LogP) is 7.10. The summed E-state index contributed by atoms with van der Waals surface area (Å²) in [5, 5.41) is 20.7. The van der Waals surface area contributed by atoms with Gasteiger partial charge in [-0.1, -0.05) is 48.2 Å². The van der Waals surface area contributed by atoms with Crippen LogP contribution in [-0.4, -0.2) is 29.8 Å². The number of rotatable bonds is 8. The highest BCUT2D eigenvalue weighted by molar-refractivity contribution is 9.10. The van der Waals surface area contributed by atoms with Gasteiger partial charge in [0.15, 0.2) is 11.5 Å². The van der Waals surface area contributed by atoms with Gasteiger partial charge in [0.2, 0.25) is 0 Å². The normalized spacial score (nSPS) is 15.0. The van der Waals surface area contributed by atoms with E-state index in [1.807, 2.05) is 48.5 Å². The first kappa shape index (κ1) is 27.0. The van der Waals surface area contributed by atoms with E-state index < -0.39 is 5.97 Å². The number of halogens is 1. The highest BCUT2D eigenvalue weighted by Crippen LogP contribution is 2.42. The van der Waals surface area contributed by atoms with Gasteiger partial charge in [0.1, 0.15) is 23.0 Å². The van der Waals surface area contributed by atoms with E-state index in [2.05, 4.69) is 27.0 Å². The number of carbonyl (C=O) groups is 1. The van der Waals surface area contributed by atoms with Crippen LogP contribution in [0.1, 0.15) is 23.6 Å². The van der Waals surface area contributed by atoms with Crippen LogP contribution in [0, 0.1) is 11.3 Å². The van der Waals surface area contributed by atoms with Gasteiger partial charge in [-0.15, -0.1) is 0 Å². The maximum absolute atomic E-state index is 12.7.